The number of rotatable bonds is 5. The van der Waals surface area contributed by atoms with Crippen LogP contribution in [-0.2, 0) is 4.79 Å². The largest absolute Gasteiger partial charge is 0.481 e. The van der Waals surface area contributed by atoms with Gasteiger partial charge in [0, 0.05) is 10.3 Å². The fraction of sp³-hybridized carbons (Fsp3) is 0.125. The third-order valence-corrected chi connectivity index (χ3v) is 4.28. The summed E-state index contributed by atoms with van der Waals surface area (Å²) < 4.78 is 5.35. The molecule has 2 N–H and O–H groups in total. The number of fused-ring (bicyclic) bond motifs is 1. The van der Waals surface area contributed by atoms with Gasteiger partial charge < -0.3 is 14.8 Å². The number of thiophene rings is 1. The molecule has 5 nitrogen and oxygen atoms in total. The van der Waals surface area contributed by atoms with Gasteiger partial charge in [-0.2, -0.15) is 0 Å². The van der Waals surface area contributed by atoms with Gasteiger partial charge in [-0.05, 0) is 17.5 Å². The molecule has 0 saturated carbocycles. The van der Waals surface area contributed by atoms with Gasteiger partial charge in [-0.3, -0.25) is 9.59 Å². The highest BCUT2D eigenvalue weighted by Crippen LogP contribution is 2.25. The van der Waals surface area contributed by atoms with Gasteiger partial charge in [0.05, 0.1) is 18.0 Å². The number of amides is 1. The molecule has 3 rings (SSSR count). The zero-order valence-electron chi connectivity index (χ0n) is 11.5. The number of benzene rings is 1. The minimum absolute atomic E-state index is 0.165. The third-order valence-electron chi connectivity index (χ3n) is 3.30. The first-order chi connectivity index (χ1) is 10.6. The van der Waals surface area contributed by atoms with Gasteiger partial charge in [0.2, 0.25) is 0 Å². The van der Waals surface area contributed by atoms with E-state index >= 15 is 0 Å². The minimum atomic E-state index is -0.962. The van der Waals surface area contributed by atoms with E-state index in [1.807, 2.05) is 29.6 Å². The lowest BCUT2D eigenvalue weighted by molar-refractivity contribution is -0.137. The average Bonchev–Trinajstić information content (AvgIpc) is 3.15. The van der Waals surface area contributed by atoms with Crippen LogP contribution in [0.15, 0.2) is 52.5 Å². The van der Waals surface area contributed by atoms with Crippen molar-refractivity contribution in [2.75, 3.05) is 0 Å². The summed E-state index contributed by atoms with van der Waals surface area (Å²) in [7, 11) is 0. The lowest BCUT2D eigenvalue weighted by atomic mass is 10.1. The second-order valence-corrected chi connectivity index (χ2v) is 5.76. The lowest BCUT2D eigenvalue weighted by Crippen LogP contribution is -2.29. The fourth-order valence-corrected chi connectivity index (χ4v) is 3.05. The molecule has 6 heteroatoms. The van der Waals surface area contributed by atoms with Crippen LogP contribution in [0.5, 0.6) is 0 Å². The summed E-state index contributed by atoms with van der Waals surface area (Å²) >= 11 is 1.41. The normalized spacial score (nSPS) is 12.2. The molecule has 0 aliphatic heterocycles. The van der Waals surface area contributed by atoms with Crippen LogP contribution in [0.2, 0.25) is 0 Å². The molecule has 22 heavy (non-hydrogen) atoms. The van der Waals surface area contributed by atoms with Crippen molar-refractivity contribution in [3.8, 4) is 0 Å². The van der Waals surface area contributed by atoms with Crippen molar-refractivity contribution in [1.29, 1.82) is 0 Å². The monoisotopic (exact) mass is 315 g/mol. The topological polar surface area (TPSA) is 79.5 Å². The average molecular weight is 315 g/mol. The molecule has 1 aromatic carbocycles. The number of aliphatic carboxylic acids is 1. The first kappa shape index (κ1) is 14.3. The summed E-state index contributed by atoms with van der Waals surface area (Å²) in [5, 5.41) is 14.4. The summed E-state index contributed by atoms with van der Waals surface area (Å²) in [6.45, 7) is 0. The Bertz CT molecular complexity index is 807. The van der Waals surface area contributed by atoms with Crippen LogP contribution in [0, 0.1) is 0 Å². The predicted molar refractivity (Wildman–Crippen MR) is 83.0 cm³/mol. The number of para-hydroxylation sites is 1. The molecule has 0 spiro atoms. The van der Waals surface area contributed by atoms with Gasteiger partial charge in [0.1, 0.15) is 11.8 Å². The first-order valence-corrected chi connectivity index (χ1v) is 7.55. The standard InChI is InChI=1S/C16H13NO4S/c18-15(19)8-12(14-6-3-7-22-14)17-16(20)11-9-21-13-5-2-1-4-10(11)13/h1-7,9,12H,8H2,(H,17,20)(H,18,19)/t12-/m1/s1. The quantitative estimate of drug-likeness (QED) is 0.756. The van der Waals surface area contributed by atoms with Gasteiger partial charge in [-0.15, -0.1) is 11.3 Å². The highest BCUT2D eigenvalue weighted by atomic mass is 32.1. The maximum Gasteiger partial charge on any atom is 0.305 e. The van der Waals surface area contributed by atoms with E-state index in [4.69, 9.17) is 9.52 Å². The zero-order valence-corrected chi connectivity index (χ0v) is 12.3. The van der Waals surface area contributed by atoms with Crippen molar-refractivity contribution in [2.24, 2.45) is 0 Å². The van der Waals surface area contributed by atoms with Crippen molar-refractivity contribution in [3.05, 3.63) is 58.5 Å². The van der Waals surface area contributed by atoms with Gasteiger partial charge in [-0.1, -0.05) is 24.3 Å². The Kier molecular flexibility index (Phi) is 3.93. The highest BCUT2D eigenvalue weighted by Gasteiger charge is 2.21. The summed E-state index contributed by atoms with van der Waals surface area (Å²) in [5.41, 5.74) is 1.03. The van der Waals surface area contributed by atoms with Crippen LogP contribution in [0.4, 0.5) is 0 Å². The van der Waals surface area contributed by atoms with Crippen molar-refractivity contribution < 1.29 is 19.1 Å². The number of carboxylic acids is 1. The van der Waals surface area contributed by atoms with Gasteiger partial charge in [-0.25, -0.2) is 0 Å². The highest BCUT2D eigenvalue weighted by molar-refractivity contribution is 7.10. The SMILES string of the molecule is O=C(O)C[C@@H](NC(=O)c1coc2ccccc12)c1cccs1. The molecule has 1 amide bonds. The van der Waals surface area contributed by atoms with Gasteiger partial charge in [0.25, 0.3) is 5.91 Å². The van der Waals surface area contributed by atoms with Gasteiger partial charge >= 0.3 is 5.97 Å². The van der Waals surface area contributed by atoms with E-state index < -0.39 is 12.0 Å². The van der Waals surface area contributed by atoms with Crippen molar-refractivity contribution >= 4 is 34.2 Å². The Hall–Kier alpha value is -2.60. The molecule has 0 bridgehead atoms. The van der Waals surface area contributed by atoms with Crippen LogP contribution in [0.3, 0.4) is 0 Å². The van der Waals surface area contributed by atoms with Crippen LogP contribution in [-0.4, -0.2) is 17.0 Å². The van der Waals surface area contributed by atoms with Gasteiger partial charge in [0.15, 0.2) is 0 Å². The number of hydrogen-bond acceptors (Lipinski definition) is 4. The fourth-order valence-electron chi connectivity index (χ4n) is 2.28. The number of carbonyl (C=O) groups excluding carboxylic acids is 1. The van der Waals surface area contributed by atoms with Crippen LogP contribution < -0.4 is 5.32 Å². The zero-order chi connectivity index (χ0) is 15.5. The number of carboxylic acid groups (broad SMARTS) is 1. The summed E-state index contributed by atoms with van der Waals surface area (Å²) in [5.74, 6) is -1.31. The molecule has 0 aliphatic carbocycles. The van der Waals surface area contributed by atoms with E-state index in [9.17, 15) is 9.59 Å². The van der Waals surface area contributed by atoms with E-state index in [1.165, 1.54) is 17.6 Å². The number of nitrogens with one attached hydrogen (secondary N) is 1. The molecule has 2 aromatic heterocycles. The van der Waals surface area contributed by atoms with Crippen LogP contribution >= 0.6 is 11.3 Å². The molecular weight excluding hydrogens is 302 g/mol. The molecule has 0 fully saturated rings. The minimum Gasteiger partial charge on any atom is -0.481 e. The number of carbonyl (C=O) groups is 2. The Morgan fingerprint density at radius 1 is 1.23 bits per heavy atom. The number of furan rings is 1. The summed E-state index contributed by atoms with van der Waals surface area (Å²) in [6, 6.07) is 10.3. The van der Waals surface area contributed by atoms with E-state index in [0.29, 0.717) is 16.5 Å². The Balaban J connectivity index is 1.86. The van der Waals surface area contributed by atoms with Crippen LogP contribution in [0.1, 0.15) is 27.7 Å². The molecule has 0 unspecified atom stereocenters. The molecular formula is C16H13NO4S. The molecule has 3 aromatic rings. The Morgan fingerprint density at radius 2 is 2.05 bits per heavy atom. The summed E-state index contributed by atoms with van der Waals surface area (Å²) in [6.07, 6.45) is 1.23. The Morgan fingerprint density at radius 3 is 2.77 bits per heavy atom. The third kappa shape index (κ3) is 2.87. The smallest absolute Gasteiger partial charge is 0.305 e. The van der Waals surface area contributed by atoms with E-state index in [2.05, 4.69) is 5.32 Å². The second kappa shape index (κ2) is 6.03. The van der Waals surface area contributed by atoms with E-state index in [-0.39, 0.29) is 12.3 Å². The maximum absolute atomic E-state index is 12.4. The van der Waals surface area contributed by atoms with Crippen molar-refractivity contribution in [3.63, 3.8) is 0 Å². The molecule has 0 saturated heterocycles. The van der Waals surface area contributed by atoms with E-state index in [1.54, 1.807) is 12.1 Å². The molecule has 2 heterocycles. The summed E-state index contributed by atoms with van der Waals surface area (Å²) in [4.78, 5) is 24.3. The number of hydrogen-bond donors (Lipinski definition) is 2. The van der Waals surface area contributed by atoms with Crippen LogP contribution in [0.25, 0.3) is 11.0 Å². The molecule has 0 aliphatic rings. The lowest BCUT2D eigenvalue weighted by Gasteiger charge is -2.15. The first-order valence-electron chi connectivity index (χ1n) is 6.67. The van der Waals surface area contributed by atoms with Crippen molar-refractivity contribution in [2.45, 2.75) is 12.5 Å². The van der Waals surface area contributed by atoms with E-state index in [0.717, 1.165) is 4.88 Å². The second-order valence-electron chi connectivity index (χ2n) is 4.78. The maximum atomic E-state index is 12.4. The molecule has 0 radical (unpaired) electrons. The predicted octanol–water partition coefficient (Wildman–Crippen LogP) is 3.44. The molecule has 1 atom stereocenters. The van der Waals surface area contributed by atoms with Crippen molar-refractivity contribution in [1.82, 2.24) is 5.32 Å². The molecule has 112 valence electrons. The Labute approximate surface area is 130 Å².